The fourth-order valence-corrected chi connectivity index (χ4v) is 2.99. The first-order valence-electron chi connectivity index (χ1n) is 8.50. The maximum absolute atomic E-state index is 12.6. The maximum atomic E-state index is 12.6. The summed E-state index contributed by atoms with van der Waals surface area (Å²) >= 11 is 0. The van der Waals surface area contributed by atoms with E-state index in [4.69, 9.17) is 4.74 Å². The Balaban J connectivity index is 2.18. The van der Waals surface area contributed by atoms with Crippen molar-refractivity contribution in [2.45, 2.75) is 46.5 Å². The molecule has 1 saturated heterocycles. The molecule has 2 amide bonds. The molecule has 0 atom stereocenters. The molecule has 130 valence electrons. The summed E-state index contributed by atoms with van der Waals surface area (Å²) in [7, 11) is 0. The summed E-state index contributed by atoms with van der Waals surface area (Å²) in [6.07, 6.45) is 2.61. The van der Waals surface area contributed by atoms with Crippen molar-refractivity contribution in [3.63, 3.8) is 0 Å². The second-order valence-corrected chi connectivity index (χ2v) is 5.88. The summed E-state index contributed by atoms with van der Waals surface area (Å²) in [5.41, 5.74) is -0.353. The second kappa shape index (κ2) is 7.95. The summed E-state index contributed by atoms with van der Waals surface area (Å²) in [6, 6.07) is 7.15. The molecule has 2 N–H and O–H groups in total. The van der Waals surface area contributed by atoms with Gasteiger partial charge in [0.25, 0.3) is 0 Å². The first-order valence-corrected chi connectivity index (χ1v) is 8.50. The van der Waals surface area contributed by atoms with Crippen LogP contribution in [0.4, 0.5) is 5.69 Å². The molecule has 6 nitrogen and oxygen atoms in total. The van der Waals surface area contributed by atoms with Gasteiger partial charge >= 0.3 is 0 Å². The van der Waals surface area contributed by atoms with Crippen molar-refractivity contribution in [1.29, 1.82) is 0 Å². The van der Waals surface area contributed by atoms with Crippen LogP contribution in [0.5, 0.6) is 5.75 Å². The van der Waals surface area contributed by atoms with Gasteiger partial charge in [-0.1, -0.05) is 26.7 Å². The van der Waals surface area contributed by atoms with Crippen LogP contribution < -0.4 is 15.4 Å². The number of hydrogen-bond acceptors (Lipinski definition) is 4. The molecular weight excluding hydrogens is 306 g/mol. The van der Waals surface area contributed by atoms with Gasteiger partial charge in [0.1, 0.15) is 11.2 Å². The third kappa shape index (κ3) is 3.75. The number of aliphatic imine (C=N–C) groups is 1. The average molecular weight is 331 g/mol. The van der Waals surface area contributed by atoms with Gasteiger partial charge in [-0.2, -0.15) is 0 Å². The lowest BCUT2D eigenvalue weighted by atomic mass is 9.76. The molecule has 0 spiro atoms. The predicted molar refractivity (Wildman–Crippen MR) is 93.2 cm³/mol. The van der Waals surface area contributed by atoms with E-state index in [2.05, 4.69) is 15.6 Å². The zero-order chi connectivity index (χ0) is 17.6. The van der Waals surface area contributed by atoms with E-state index in [0.717, 1.165) is 18.6 Å². The van der Waals surface area contributed by atoms with E-state index >= 15 is 0 Å². The molecule has 1 aromatic rings. The number of hydrogen-bond donors (Lipinski definition) is 2. The van der Waals surface area contributed by atoms with Gasteiger partial charge in [0, 0.05) is 0 Å². The van der Waals surface area contributed by atoms with Gasteiger partial charge in [-0.3, -0.25) is 20.2 Å². The predicted octanol–water partition coefficient (Wildman–Crippen LogP) is 2.91. The smallest absolute Gasteiger partial charge is 0.242 e. The van der Waals surface area contributed by atoms with Crippen LogP contribution in [0.2, 0.25) is 0 Å². The molecule has 0 unspecified atom stereocenters. The number of benzene rings is 1. The molecule has 0 saturated carbocycles. The maximum Gasteiger partial charge on any atom is 0.242 e. The number of amides is 2. The minimum atomic E-state index is -0.985. The molecule has 0 bridgehead atoms. The Bertz CT molecular complexity index is 595. The number of ether oxygens (including phenoxy) is 1. The lowest BCUT2D eigenvalue weighted by Crippen LogP contribution is -2.62. The van der Waals surface area contributed by atoms with Crippen molar-refractivity contribution < 1.29 is 14.3 Å². The van der Waals surface area contributed by atoms with E-state index in [1.54, 1.807) is 24.3 Å². The normalized spacial score (nSPS) is 16.4. The highest BCUT2D eigenvalue weighted by molar-refractivity contribution is 6.20. The molecule has 0 aromatic heterocycles. The molecule has 6 heteroatoms. The van der Waals surface area contributed by atoms with Crippen LogP contribution in [0.1, 0.15) is 46.5 Å². The van der Waals surface area contributed by atoms with Crippen LogP contribution in [0.3, 0.4) is 0 Å². The van der Waals surface area contributed by atoms with Crippen LogP contribution in [0.15, 0.2) is 29.3 Å². The lowest BCUT2D eigenvalue weighted by Gasteiger charge is -2.35. The summed E-state index contributed by atoms with van der Waals surface area (Å²) in [5, 5.41) is 5.49. The zero-order valence-corrected chi connectivity index (χ0v) is 14.5. The number of nitrogens with one attached hydrogen (secondary N) is 2. The van der Waals surface area contributed by atoms with Gasteiger partial charge in [0.15, 0.2) is 0 Å². The summed E-state index contributed by atoms with van der Waals surface area (Å²) in [4.78, 5) is 29.5. The van der Waals surface area contributed by atoms with Crippen LogP contribution >= 0.6 is 0 Å². The van der Waals surface area contributed by atoms with Gasteiger partial charge in [-0.05, 0) is 44.0 Å². The Labute approximate surface area is 142 Å². The van der Waals surface area contributed by atoms with Crippen molar-refractivity contribution in [3.8, 4) is 5.75 Å². The van der Waals surface area contributed by atoms with Gasteiger partial charge in [-0.25, -0.2) is 4.99 Å². The fourth-order valence-electron chi connectivity index (χ4n) is 2.99. The second-order valence-electron chi connectivity index (χ2n) is 5.88. The molecule has 2 rings (SSSR count). The Morgan fingerprint density at radius 3 is 1.96 bits per heavy atom. The van der Waals surface area contributed by atoms with E-state index in [9.17, 15) is 9.59 Å². The summed E-state index contributed by atoms with van der Waals surface area (Å²) in [6.45, 7) is 6.46. The van der Waals surface area contributed by atoms with Crippen molar-refractivity contribution in [1.82, 2.24) is 10.6 Å². The third-order valence-corrected chi connectivity index (χ3v) is 4.08. The topological polar surface area (TPSA) is 79.8 Å². The Morgan fingerprint density at radius 1 is 0.958 bits per heavy atom. The number of carbonyl (C=O) groups is 2. The highest BCUT2D eigenvalue weighted by Crippen LogP contribution is 2.32. The van der Waals surface area contributed by atoms with E-state index < -0.39 is 5.41 Å². The molecular formula is C18H25N3O3. The molecule has 1 aliphatic rings. The van der Waals surface area contributed by atoms with Crippen LogP contribution in [-0.2, 0) is 9.59 Å². The summed E-state index contributed by atoms with van der Waals surface area (Å²) < 4.78 is 5.38. The first-order chi connectivity index (χ1) is 11.6. The van der Waals surface area contributed by atoms with Crippen molar-refractivity contribution >= 4 is 23.5 Å². The number of rotatable bonds is 7. The average Bonchev–Trinajstić information content (AvgIpc) is 2.55. The molecule has 24 heavy (non-hydrogen) atoms. The van der Waals surface area contributed by atoms with Crippen molar-refractivity contribution in [3.05, 3.63) is 24.3 Å². The molecule has 0 radical (unpaired) electrons. The third-order valence-electron chi connectivity index (χ3n) is 4.08. The quantitative estimate of drug-likeness (QED) is 0.754. The molecule has 0 aliphatic carbocycles. The Hall–Kier alpha value is -2.37. The fraction of sp³-hybridized carbons (Fsp3) is 0.500. The van der Waals surface area contributed by atoms with E-state index in [1.807, 2.05) is 20.8 Å². The monoisotopic (exact) mass is 331 g/mol. The first kappa shape index (κ1) is 18.0. The minimum absolute atomic E-state index is 0.178. The van der Waals surface area contributed by atoms with Gasteiger partial charge in [0.05, 0.1) is 12.3 Å². The van der Waals surface area contributed by atoms with E-state index in [1.165, 1.54) is 0 Å². The van der Waals surface area contributed by atoms with Gasteiger partial charge in [0.2, 0.25) is 17.8 Å². The van der Waals surface area contributed by atoms with Gasteiger partial charge in [-0.15, -0.1) is 0 Å². The van der Waals surface area contributed by atoms with E-state index in [0.29, 0.717) is 25.1 Å². The van der Waals surface area contributed by atoms with Crippen LogP contribution in [-0.4, -0.2) is 24.4 Å². The molecule has 1 fully saturated rings. The Kier molecular flexibility index (Phi) is 5.95. The van der Waals surface area contributed by atoms with Crippen molar-refractivity contribution in [2.24, 2.45) is 10.4 Å². The molecule has 1 aliphatic heterocycles. The van der Waals surface area contributed by atoms with Crippen molar-refractivity contribution in [2.75, 3.05) is 6.61 Å². The largest absolute Gasteiger partial charge is 0.494 e. The Morgan fingerprint density at radius 2 is 1.50 bits per heavy atom. The standard InChI is InChI=1S/C18H25N3O3/c1-4-11-18(12-5-2)15(22)20-17(21-16(18)23)19-13-7-9-14(10-8-13)24-6-3/h7-10H,4-6,11-12H2,1-3H3,(H2,19,20,21,22,23). The highest BCUT2D eigenvalue weighted by Gasteiger charge is 2.47. The van der Waals surface area contributed by atoms with Crippen LogP contribution in [0, 0.1) is 5.41 Å². The number of nitrogens with zero attached hydrogens (tertiary/aromatic N) is 1. The van der Waals surface area contributed by atoms with Gasteiger partial charge < -0.3 is 4.74 Å². The molecule has 1 aromatic carbocycles. The lowest BCUT2D eigenvalue weighted by molar-refractivity contribution is -0.144. The van der Waals surface area contributed by atoms with Crippen LogP contribution in [0.25, 0.3) is 0 Å². The minimum Gasteiger partial charge on any atom is -0.494 e. The zero-order valence-electron chi connectivity index (χ0n) is 14.5. The molecule has 1 heterocycles. The highest BCUT2D eigenvalue weighted by atomic mass is 16.5. The van der Waals surface area contributed by atoms with E-state index in [-0.39, 0.29) is 17.8 Å². The summed E-state index contributed by atoms with van der Waals surface area (Å²) in [5.74, 6) is 0.402. The number of carbonyl (C=O) groups excluding carboxylic acids is 2. The number of guanidine groups is 1. The SMILES string of the molecule is CCCC1(CCC)C(=O)NC(=Nc2ccc(OCC)cc2)NC1=O.